The van der Waals surface area contributed by atoms with Crippen molar-refractivity contribution in [3.63, 3.8) is 0 Å². The van der Waals surface area contributed by atoms with Gasteiger partial charge in [-0.25, -0.2) is 0 Å². The Labute approximate surface area is 88.0 Å². The van der Waals surface area contributed by atoms with Crippen LogP contribution in [0.5, 0.6) is 0 Å². The SMILES string of the molecule is Clc1ccccc1CC1C=CSC1. The topological polar surface area (TPSA) is 0 Å². The van der Waals surface area contributed by atoms with Crippen LogP contribution in [-0.4, -0.2) is 5.75 Å². The lowest BCUT2D eigenvalue weighted by Crippen LogP contribution is -2.01. The third-order valence-electron chi connectivity index (χ3n) is 2.20. The minimum Gasteiger partial charge on any atom is -0.134 e. The number of allylic oxidation sites excluding steroid dienone is 1. The average molecular weight is 211 g/mol. The molecule has 0 nitrogen and oxygen atoms in total. The molecule has 0 aliphatic carbocycles. The largest absolute Gasteiger partial charge is 0.134 e. The van der Waals surface area contributed by atoms with Crippen LogP contribution in [0, 0.1) is 5.92 Å². The molecule has 2 heteroatoms. The van der Waals surface area contributed by atoms with Crippen LogP contribution in [0.1, 0.15) is 5.56 Å². The fourth-order valence-corrected chi connectivity index (χ4v) is 2.61. The van der Waals surface area contributed by atoms with Crippen LogP contribution >= 0.6 is 23.4 Å². The Morgan fingerprint density at radius 1 is 1.38 bits per heavy atom. The highest BCUT2D eigenvalue weighted by Gasteiger charge is 2.11. The van der Waals surface area contributed by atoms with Crippen LogP contribution < -0.4 is 0 Å². The van der Waals surface area contributed by atoms with Gasteiger partial charge in [-0.15, -0.1) is 11.8 Å². The van der Waals surface area contributed by atoms with Crippen molar-refractivity contribution in [2.45, 2.75) is 6.42 Å². The summed E-state index contributed by atoms with van der Waals surface area (Å²) in [6, 6.07) is 8.10. The fourth-order valence-electron chi connectivity index (χ4n) is 1.47. The number of benzene rings is 1. The lowest BCUT2D eigenvalue weighted by molar-refractivity contribution is 0.745. The Morgan fingerprint density at radius 3 is 2.92 bits per heavy atom. The molecular formula is C11H11ClS. The number of rotatable bonds is 2. The molecule has 1 aromatic rings. The van der Waals surface area contributed by atoms with Crippen molar-refractivity contribution in [1.29, 1.82) is 0 Å². The van der Waals surface area contributed by atoms with E-state index in [1.165, 1.54) is 11.3 Å². The van der Waals surface area contributed by atoms with Gasteiger partial charge in [0, 0.05) is 10.8 Å². The quantitative estimate of drug-likeness (QED) is 0.717. The lowest BCUT2D eigenvalue weighted by atomic mass is 10.0. The molecule has 0 N–H and O–H groups in total. The molecule has 2 rings (SSSR count). The first-order valence-electron chi connectivity index (χ1n) is 4.38. The molecule has 1 atom stereocenters. The van der Waals surface area contributed by atoms with Crippen molar-refractivity contribution in [3.8, 4) is 0 Å². The highest BCUT2D eigenvalue weighted by molar-refractivity contribution is 8.02. The first-order valence-corrected chi connectivity index (χ1v) is 5.80. The van der Waals surface area contributed by atoms with Gasteiger partial charge in [-0.2, -0.15) is 0 Å². The molecule has 68 valence electrons. The predicted molar refractivity (Wildman–Crippen MR) is 60.2 cm³/mol. The molecule has 1 heterocycles. The van der Waals surface area contributed by atoms with E-state index in [2.05, 4.69) is 17.6 Å². The summed E-state index contributed by atoms with van der Waals surface area (Å²) < 4.78 is 0. The number of thioether (sulfide) groups is 1. The first-order chi connectivity index (χ1) is 6.36. The van der Waals surface area contributed by atoms with Crippen LogP contribution in [0.2, 0.25) is 5.02 Å². The number of halogens is 1. The second-order valence-corrected chi connectivity index (χ2v) is 4.56. The van der Waals surface area contributed by atoms with Gasteiger partial charge in [-0.1, -0.05) is 35.9 Å². The minimum absolute atomic E-state index is 0.671. The van der Waals surface area contributed by atoms with E-state index in [4.69, 9.17) is 11.6 Å². The molecule has 1 aliphatic heterocycles. The Hall–Kier alpha value is -0.400. The summed E-state index contributed by atoms with van der Waals surface area (Å²) in [6.07, 6.45) is 3.34. The highest BCUT2D eigenvalue weighted by atomic mass is 35.5. The van der Waals surface area contributed by atoms with E-state index in [-0.39, 0.29) is 0 Å². The van der Waals surface area contributed by atoms with E-state index in [1.54, 1.807) is 0 Å². The second kappa shape index (κ2) is 4.21. The van der Waals surface area contributed by atoms with Gasteiger partial charge in [0.15, 0.2) is 0 Å². The summed E-state index contributed by atoms with van der Waals surface area (Å²) in [5.74, 6) is 1.87. The van der Waals surface area contributed by atoms with Gasteiger partial charge < -0.3 is 0 Å². The van der Waals surface area contributed by atoms with Crippen molar-refractivity contribution in [1.82, 2.24) is 0 Å². The Balaban J connectivity index is 2.09. The normalized spacial score (nSPS) is 20.8. The molecule has 0 aromatic heterocycles. The number of hydrogen-bond acceptors (Lipinski definition) is 1. The molecule has 1 aliphatic rings. The summed E-state index contributed by atoms with van der Waals surface area (Å²) in [4.78, 5) is 0. The van der Waals surface area contributed by atoms with E-state index < -0.39 is 0 Å². The molecule has 0 saturated carbocycles. The minimum atomic E-state index is 0.671. The van der Waals surface area contributed by atoms with E-state index in [0.717, 1.165) is 11.4 Å². The molecule has 0 saturated heterocycles. The Kier molecular flexibility index (Phi) is 2.97. The molecule has 0 bridgehead atoms. The Morgan fingerprint density at radius 2 is 2.23 bits per heavy atom. The third kappa shape index (κ3) is 2.29. The van der Waals surface area contributed by atoms with Crippen molar-refractivity contribution in [3.05, 3.63) is 46.3 Å². The molecular weight excluding hydrogens is 200 g/mol. The predicted octanol–water partition coefficient (Wildman–Crippen LogP) is 3.76. The molecule has 1 aromatic carbocycles. The summed E-state index contributed by atoms with van der Waals surface area (Å²) in [5, 5.41) is 3.08. The monoisotopic (exact) mass is 210 g/mol. The molecule has 13 heavy (non-hydrogen) atoms. The third-order valence-corrected chi connectivity index (χ3v) is 3.54. The van der Waals surface area contributed by atoms with Crippen LogP contribution in [0.3, 0.4) is 0 Å². The van der Waals surface area contributed by atoms with Crippen molar-refractivity contribution >= 4 is 23.4 Å². The maximum absolute atomic E-state index is 6.07. The van der Waals surface area contributed by atoms with Gasteiger partial charge in [0.05, 0.1) is 0 Å². The van der Waals surface area contributed by atoms with Gasteiger partial charge in [0.2, 0.25) is 0 Å². The van der Waals surface area contributed by atoms with Gasteiger partial charge in [0.1, 0.15) is 0 Å². The summed E-state index contributed by atoms with van der Waals surface area (Å²) in [6.45, 7) is 0. The summed E-state index contributed by atoms with van der Waals surface area (Å²) in [5.41, 5.74) is 1.27. The summed E-state index contributed by atoms with van der Waals surface area (Å²) in [7, 11) is 0. The highest BCUT2D eigenvalue weighted by Crippen LogP contribution is 2.26. The smallest absolute Gasteiger partial charge is 0.0438 e. The van der Waals surface area contributed by atoms with E-state index in [1.807, 2.05) is 30.0 Å². The lowest BCUT2D eigenvalue weighted by Gasteiger charge is -2.07. The van der Waals surface area contributed by atoms with Crippen LogP contribution in [0.4, 0.5) is 0 Å². The second-order valence-electron chi connectivity index (χ2n) is 3.22. The van der Waals surface area contributed by atoms with Gasteiger partial charge >= 0.3 is 0 Å². The van der Waals surface area contributed by atoms with Crippen LogP contribution in [0.25, 0.3) is 0 Å². The van der Waals surface area contributed by atoms with Crippen LogP contribution in [-0.2, 0) is 6.42 Å². The molecule has 0 radical (unpaired) electrons. The number of hydrogen-bond donors (Lipinski definition) is 0. The van der Waals surface area contributed by atoms with Gasteiger partial charge in [0.25, 0.3) is 0 Å². The standard InChI is InChI=1S/C11H11ClS/c12-11-4-2-1-3-10(11)7-9-5-6-13-8-9/h1-6,9H,7-8H2. The van der Waals surface area contributed by atoms with Crippen molar-refractivity contribution in [2.24, 2.45) is 5.92 Å². The Bertz CT molecular complexity index is 320. The average Bonchev–Trinajstić information content (AvgIpc) is 2.61. The molecule has 0 fully saturated rings. The maximum Gasteiger partial charge on any atom is 0.0438 e. The van der Waals surface area contributed by atoms with E-state index in [0.29, 0.717) is 5.92 Å². The zero-order chi connectivity index (χ0) is 9.10. The zero-order valence-corrected chi connectivity index (χ0v) is 8.81. The van der Waals surface area contributed by atoms with Gasteiger partial charge in [-0.05, 0) is 29.4 Å². The molecule has 0 spiro atoms. The van der Waals surface area contributed by atoms with Gasteiger partial charge in [-0.3, -0.25) is 0 Å². The van der Waals surface area contributed by atoms with Crippen molar-refractivity contribution in [2.75, 3.05) is 5.75 Å². The molecule has 0 amide bonds. The summed E-state index contributed by atoms with van der Waals surface area (Å²) >= 11 is 7.96. The maximum atomic E-state index is 6.07. The first kappa shape index (κ1) is 9.17. The van der Waals surface area contributed by atoms with E-state index in [9.17, 15) is 0 Å². The fraction of sp³-hybridized carbons (Fsp3) is 0.273. The van der Waals surface area contributed by atoms with Crippen LogP contribution in [0.15, 0.2) is 35.7 Å². The van der Waals surface area contributed by atoms with Crippen molar-refractivity contribution < 1.29 is 0 Å². The molecule has 1 unspecified atom stereocenters. The zero-order valence-electron chi connectivity index (χ0n) is 7.24. The van der Waals surface area contributed by atoms with E-state index >= 15 is 0 Å².